The molecule has 0 radical (unpaired) electrons. The molecule has 0 aliphatic heterocycles. The smallest absolute Gasteiger partial charge is 0.202 e. The van der Waals surface area contributed by atoms with Crippen molar-refractivity contribution < 1.29 is 10.2 Å². The van der Waals surface area contributed by atoms with Crippen molar-refractivity contribution in [2.24, 2.45) is 0 Å². The summed E-state index contributed by atoms with van der Waals surface area (Å²) in [5, 5.41) is 21.2. The van der Waals surface area contributed by atoms with Gasteiger partial charge in [0.2, 0.25) is 11.8 Å². The molecule has 0 atom stereocenters. The van der Waals surface area contributed by atoms with E-state index in [4.69, 9.17) is 11.6 Å². The molecular weight excluding hydrogens is 262 g/mol. The van der Waals surface area contributed by atoms with Crippen LogP contribution in [-0.4, -0.2) is 14.8 Å². The number of hydrogen-bond acceptors (Lipinski definition) is 2. The van der Waals surface area contributed by atoms with Crippen LogP contribution >= 0.6 is 11.6 Å². The lowest BCUT2D eigenvalue weighted by Crippen LogP contribution is -1.97. The fourth-order valence-corrected chi connectivity index (χ4v) is 2.71. The van der Waals surface area contributed by atoms with Crippen molar-refractivity contribution in [3.8, 4) is 17.4 Å². The highest BCUT2D eigenvalue weighted by Gasteiger charge is 2.24. The van der Waals surface area contributed by atoms with E-state index in [2.05, 4.69) is 6.08 Å². The maximum Gasteiger partial charge on any atom is 0.202 e. The Morgan fingerprint density at radius 2 is 1.89 bits per heavy atom. The monoisotopic (exact) mass is 275 g/mol. The molecule has 0 unspecified atom stereocenters. The SMILES string of the molecule is CC1=CCc2c(c(O)n(-c3cccc(Cl)c3)c2O)C1. The lowest BCUT2D eigenvalue weighted by molar-refractivity contribution is 0.400. The normalized spacial score (nSPS) is 14.1. The Balaban J connectivity index is 2.19. The third kappa shape index (κ3) is 1.90. The van der Waals surface area contributed by atoms with E-state index >= 15 is 0 Å². The van der Waals surface area contributed by atoms with E-state index in [1.165, 1.54) is 10.1 Å². The number of aromatic nitrogens is 1. The van der Waals surface area contributed by atoms with E-state index in [0.717, 1.165) is 11.1 Å². The highest BCUT2D eigenvalue weighted by atomic mass is 35.5. The zero-order chi connectivity index (χ0) is 13.6. The Hall–Kier alpha value is -1.87. The fourth-order valence-electron chi connectivity index (χ4n) is 2.53. The van der Waals surface area contributed by atoms with Gasteiger partial charge in [-0.25, -0.2) is 0 Å². The standard InChI is InChI=1S/C15H14ClNO2/c1-9-5-6-12-13(7-9)15(19)17(14(12)18)11-4-2-3-10(16)8-11/h2-5,8,18-19H,6-7H2,1H3. The van der Waals surface area contributed by atoms with Crippen molar-refractivity contribution >= 4 is 11.6 Å². The van der Waals surface area contributed by atoms with Gasteiger partial charge >= 0.3 is 0 Å². The molecule has 3 nitrogen and oxygen atoms in total. The van der Waals surface area contributed by atoms with Gasteiger partial charge < -0.3 is 10.2 Å². The zero-order valence-corrected chi connectivity index (χ0v) is 11.3. The third-order valence-corrected chi connectivity index (χ3v) is 3.74. The van der Waals surface area contributed by atoms with Crippen LogP contribution in [0.15, 0.2) is 35.9 Å². The van der Waals surface area contributed by atoms with Gasteiger partial charge in [-0.05, 0) is 38.0 Å². The second-order valence-corrected chi connectivity index (χ2v) is 5.29. The highest BCUT2D eigenvalue weighted by molar-refractivity contribution is 6.30. The van der Waals surface area contributed by atoms with E-state index in [9.17, 15) is 10.2 Å². The van der Waals surface area contributed by atoms with Gasteiger partial charge in [-0.1, -0.05) is 29.3 Å². The summed E-state index contributed by atoms with van der Waals surface area (Å²) in [6.07, 6.45) is 3.39. The molecule has 0 saturated heterocycles. The van der Waals surface area contributed by atoms with Crippen LogP contribution in [0.3, 0.4) is 0 Å². The fraction of sp³-hybridized carbons (Fsp3) is 0.200. The van der Waals surface area contributed by atoms with Crippen molar-refractivity contribution in [2.45, 2.75) is 19.8 Å². The summed E-state index contributed by atoms with van der Waals surface area (Å²) in [5.41, 5.74) is 3.46. The molecule has 2 aromatic rings. The molecule has 19 heavy (non-hydrogen) atoms. The van der Waals surface area contributed by atoms with Crippen LogP contribution in [0, 0.1) is 0 Å². The number of allylic oxidation sites excluding steroid dienone is 2. The van der Waals surface area contributed by atoms with Crippen LogP contribution in [0.2, 0.25) is 5.02 Å². The predicted molar refractivity (Wildman–Crippen MR) is 75.3 cm³/mol. The summed E-state index contributed by atoms with van der Waals surface area (Å²) < 4.78 is 1.45. The predicted octanol–water partition coefficient (Wildman–Crippen LogP) is 3.59. The van der Waals surface area contributed by atoms with Crippen molar-refractivity contribution in [3.63, 3.8) is 0 Å². The number of nitrogens with zero attached hydrogens (tertiary/aromatic N) is 1. The Kier molecular flexibility index (Phi) is 2.79. The maximum atomic E-state index is 10.4. The first-order valence-corrected chi connectivity index (χ1v) is 6.51. The minimum atomic E-state index is 0.0958. The van der Waals surface area contributed by atoms with Gasteiger partial charge in [-0.15, -0.1) is 0 Å². The lowest BCUT2D eigenvalue weighted by atomic mass is 9.96. The Labute approximate surface area is 116 Å². The topological polar surface area (TPSA) is 45.4 Å². The first-order chi connectivity index (χ1) is 9.08. The molecule has 1 aromatic carbocycles. The van der Waals surface area contributed by atoms with Gasteiger partial charge in [0.25, 0.3) is 0 Å². The summed E-state index contributed by atoms with van der Waals surface area (Å²) in [4.78, 5) is 0. The summed E-state index contributed by atoms with van der Waals surface area (Å²) in [6, 6.07) is 7.07. The molecule has 1 aliphatic rings. The van der Waals surface area contributed by atoms with E-state index < -0.39 is 0 Å². The minimum absolute atomic E-state index is 0.0958. The molecule has 0 spiro atoms. The number of aromatic hydroxyl groups is 2. The minimum Gasteiger partial charge on any atom is -0.494 e. The molecule has 2 N–H and O–H groups in total. The number of benzene rings is 1. The largest absolute Gasteiger partial charge is 0.494 e. The Morgan fingerprint density at radius 1 is 1.16 bits per heavy atom. The van der Waals surface area contributed by atoms with Crippen LogP contribution in [0.5, 0.6) is 11.8 Å². The molecule has 0 saturated carbocycles. The molecule has 1 aromatic heterocycles. The van der Waals surface area contributed by atoms with Gasteiger partial charge in [0.05, 0.1) is 5.69 Å². The molecular formula is C15H14ClNO2. The van der Waals surface area contributed by atoms with Gasteiger partial charge in [0.15, 0.2) is 0 Å². The zero-order valence-electron chi connectivity index (χ0n) is 10.5. The number of hydrogen-bond donors (Lipinski definition) is 2. The van der Waals surface area contributed by atoms with Crippen LogP contribution in [-0.2, 0) is 12.8 Å². The molecule has 0 amide bonds. The average Bonchev–Trinajstić information content (AvgIpc) is 2.61. The van der Waals surface area contributed by atoms with E-state index in [1.54, 1.807) is 24.3 Å². The Bertz CT molecular complexity index is 686. The van der Waals surface area contributed by atoms with Gasteiger partial charge in [0.1, 0.15) is 0 Å². The molecule has 98 valence electrons. The second kappa shape index (κ2) is 4.35. The summed E-state index contributed by atoms with van der Waals surface area (Å²) >= 11 is 5.96. The van der Waals surface area contributed by atoms with Gasteiger partial charge in [-0.3, -0.25) is 4.57 Å². The van der Waals surface area contributed by atoms with E-state index in [1.807, 2.05) is 6.92 Å². The van der Waals surface area contributed by atoms with Crippen LogP contribution in [0.1, 0.15) is 18.1 Å². The quantitative estimate of drug-likeness (QED) is 0.781. The van der Waals surface area contributed by atoms with Crippen molar-refractivity contribution in [2.75, 3.05) is 0 Å². The van der Waals surface area contributed by atoms with Crippen LogP contribution in [0.25, 0.3) is 5.69 Å². The lowest BCUT2D eigenvalue weighted by Gasteiger charge is -2.09. The van der Waals surface area contributed by atoms with Gasteiger partial charge in [-0.2, -0.15) is 0 Å². The van der Waals surface area contributed by atoms with E-state index in [0.29, 0.717) is 23.6 Å². The van der Waals surface area contributed by atoms with E-state index in [-0.39, 0.29) is 11.8 Å². The van der Waals surface area contributed by atoms with Gasteiger partial charge in [0, 0.05) is 16.1 Å². The van der Waals surface area contributed by atoms with Crippen LogP contribution < -0.4 is 0 Å². The number of rotatable bonds is 1. The van der Waals surface area contributed by atoms with Crippen LogP contribution in [0.4, 0.5) is 0 Å². The summed E-state index contributed by atoms with van der Waals surface area (Å²) in [7, 11) is 0. The third-order valence-electron chi connectivity index (χ3n) is 3.50. The molecule has 1 aliphatic carbocycles. The average molecular weight is 276 g/mol. The number of fused-ring (bicyclic) bond motifs is 1. The van der Waals surface area contributed by atoms with Crippen molar-refractivity contribution in [3.05, 3.63) is 52.1 Å². The summed E-state index contributed by atoms with van der Waals surface area (Å²) in [5.74, 6) is 0.195. The Morgan fingerprint density at radius 3 is 2.63 bits per heavy atom. The highest BCUT2D eigenvalue weighted by Crippen LogP contribution is 2.40. The molecule has 0 bridgehead atoms. The number of halogens is 1. The molecule has 1 heterocycles. The maximum absolute atomic E-state index is 10.4. The molecule has 0 fully saturated rings. The first kappa shape index (κ1) is 12.2. The summed E-state index contributed by atoms with van der Waals surface area (Å²) in [6.45, 7) is 2.02. The van der Waals surface area contributed by atoms with Crippen molar-refractivity contribution in [1.82, 2.24) is 4.57 Å². The molecule has 4 heteroatoms. The van der Waals surface area contributed by atoms with Crippen molar-refractivity contribution in [1.29, 1.82) is 0 Å². The molecule has 3 rings (SSSR count). The first-order valence-electron chi connectivity index (χ1n) is 6.14. The second-order valence-electron chi connectivity index (χ2n) is 4.85.